The van der Waals surface area contributed by atoms with Gasteiger partial charge in [0.1, 0.15) is 28.2 Å². The largest absolute Gasteiger partial charge is 0.495 e. The lowest BCUT2D eigenvalue weighted by molar-refractivity contribution is 0.0978. The van der Waals surface area contributed by atoms with Gasteiger partial charge in [-0.2, -0.15) is 0 Å². The lowest BCUT2D eigenvalue weighted by Crippen LogP contribution is -2.19. The SMILES string of the molecule is COC(C)c1cc2c(s1)C(=O)c1ncccc1C2=O.COc1c2cccnc2c(OC)c2sc(C(C)O)cc12.COc1c2cccnc2c(OC)c2sc(C(C)OC)cc12. The number of aliphatic hydroxyl groups is 1. The van der Waals surface area contributed by atoms with Crippen molar-refractivity contribution >= 4 is 87.6 Å². The summed E-state index contributed by atoms with van der Waals surface area (Å²) in [5.41, 5.74) is 2.70. The second-order valence-electron chi connectivity index (χ2n) is 13.6. The molecule has 1 N–H and O–H groups in total. The van der Waals surface area contributed by atoms with E-state index in [0.717, 1.165) is 79.6 Å². The Morgan fingerprint density at radius 3 is 1.50 bits per heavy atom. The molecule has 0 radical (unpaired) electrons. The summed E-state index contributed by atoms with van der Waals surface area (Å²) in [7, 11) is 9.95. The minimum absolute atomic E-state index is 0.0351. The van der Waals surface area contributed by atoms with Crippen molar-refractivity contribution in [2.75, 3.05) is 42.7 Å². The van der Waals surface area contributed by atoms with Gasteiger partial charge in [-0.25, -0.2) is 0 Å². The van der Waals surface area contributed by atoms with Crippen LogP contribution < -0.4 is 18.9 Å². The van der Waals surface area contributed by atoms with Gasteiger partial charge in [0, 0.05) is 74.5 Å². The molecule has 0 saturated carbocycles. The van der Waals surface area contributed by atoms with Crippen LogP contribution in [0.15, 0.2) is 73.2 Å². The van der Waals surface area contributed by atoms with E-state index in [-0.39, 0.29) is 29.5 Å². The number of carbonyl (C=O) groups is 2. The first-order valence-corrected chi connectivity index (χ1v) is 21.2. The van der Waals surface area contributed by atoms with Crippen LogP contribution in [0.5, 0.6) is 23.0 Å². The number of thiophene rings is 3. The van der Waals surface area contributed by atoms with E-state index >= 15 is 0 Å². The topological polar surface area (TPSA) is 148 Å². The van der Waals surface area contributed by atoms with Crippen molar-refractivity contribution in [3.8, 4) is 23.0 Å². The van der Waals surface area contributed by atoms with Gasteiger partial charge in [-0.15, -0.1) is 34.0 Å². The Bertz CT molecular complexity index is 2710. The molecule has 0 amide bonds. The Hall–Kier alpha value is -5.55. The van der Waals surface area contributed by atoms with E-state index in [1.165, 1.54) is 28.9 Å². The highest BCUT2D eigenvalue weighted by atomic mass is 32.1. The van der Waals surface area contributed by atoms with E-state index in [9.17, 15) is 14.7 Å². The molecule has 6 heterocycles. The van der Waals surface area contributed by atoms with Gasteiger partial charge in [-0.05, 0) is 75.4 Å². The van der Waals surface area contributed by atoms with E-state index < -0.39 is 6.10 Å². The summed E-state index contributed by atoms with van der Waals surface area (Å²) in [6.45, 7) is 5.67. The zero-order chi connectivity index (χ0) is 42.8. The second kappa shape index (κ2) is 18.0. The van der Waals surface area contributed by atoms with Gasteiger partial charge in [0.15, 0.2) is 17.3 Å². The first-order chi connectivity index (χ1) is 29.0. The number of fused-ring (bicyclic) bond motifs is 6. The van der Waals surface area contributed by atoms with E-state index in [4.69, 9.17) is 28.4 Å². The number of ether oxygens (including phenoxy) is 6. The molecule has 3 unspecified atom stereocenters. The number of pyridine rings is 3. The normalized spacial score (nSPS) is 13.5. The van der Waals surface area contributed by atoms with Crippen LogP contribution in [-0.2, 0) is 9.47 Å². The van der Waals surface area contributed by atoms with Crippen LogP contribution in [0.3, 0.4) is 0 Å². The van der Waals surface area contributed by atoms with Crippen molar-refractivity contribution in [3.63, 3.8) is 0 Å². The Labute approximate surface area is 358 Å². The molecule has 0 saturated heterocycles. The molecule has 8 aromatic rings. The van der Waals surface area contributed by atoms with Crippen LogP contribution in [0.1, 0.15) is 85.0 Å². The molecule has 12 nitrogen and oxygen atoms in total. The van der Waals surface area contributed by atoms with Gasteiger partial charge in [-0.3, -0.25) is 24.5 Å². The van der Waals surface area contributed by atoms with Crippen LogP contribution >= 0.6 is 34.0 Å². The maximum atomic E-state index is 12.4. The molecular weight excluding hydrogens is 823 g/mol. The highest BCUT2D eigenvalue weighted by molar-refractivity contribution is 7.20. The fourth-order valence-corrected chi connectivity index (χ4v) is 10.4. The molecule has 310 valence electrons. The fraction of sp³-hybridized carbons (Fsp3) is 0.267. The first-order valence-electron chi connectivity index (χ1n) is 18.8. The summed E-state index contributed by atoms with van der Waals surface area (Å²) in [5, 5.41) is 13.7. The summed E-state index contributed by atoms with van der Waals surface area (Å²) in [6, 6.07) is 16.9. The predicted molar refractivity (Wildman–Crippen MR) is 237 cm³/mol. The fourth-order valence-electron chi connectivity index (χ4n) is 6.97. The molecule has 0 fully saturated rings. The van der Waals surface area contributed by atoms with Crippen molar-refractivity contribution in [1.82, 2.24) is 15.0 Å². The number of nitrogens with zero attached hydrogens (tertiary/aromatic N) is 3. The molecule has 1 aliphatic carbocycles. The molecule has 0 aliphatic heterocycles. The Balaban J connectivity index is 0.000000136. The van der Waals surface area contributed by atoms with E-state index in [1.807, 2.05) is 44.2 Å². The van der Waals surface area contributed by atoms with Crippen LogP contribution in [-0.4, -0.2) is 74.3 Å². The van der Waals surface area contributed by atoms with Crippen LogP contribution in [0.25, 0.3) is 42.0 Å². The minimum atomic E-state index is -0.516. The molecular formula is C45H43N3O9S3. The lowest BCUT2D eigenvalue weighted by atomic mass is 9.92. The number of hydrogen-bond donors (Lipinski definition) is 1. The van der Waals surface area contributed by atoms with E-state index in [1.54, 1.807) is 91.5 Å². The van der Waals surface area contributed by atoms with E-state index in [0.29, 0.717) is 16.0 Å². The van der Waals surface area contributed by atoms with Crippen molar-refractivity contribution in [2.45, 2.75) is 39.1 Å². The molecule has 1 aliphatic rings. The maximum Gasteiger partial charge on any atom is 0.222 e. The summed E-state index contributed by atoms with van der Waals surface area (Å²) in [5.74, 6) is 2.81. The molecule has 6 aromatic heterocycles. The zero-order valence-electron chi connectivity index (χ0n) is 34.4. The third-order valence-corrected chi connectivity index (χ3v) is 14.0. The van der Waals surface area contributed by atoms with E-state index in [2.05, 4.69) is 21.0 Å². The van der Waals surface area contributed by atoms with Gasteiger partial charge in [0.05, 0.1) is 66.6 Å². The van der Waals surface area contributed by atoms with Crippen molar-refractivity contribution in [3.05, 3.63) is 110 Å². The number of hydrogen-bond acceptors (Lipinski definition) is 15. The number of aromatic nitrogens is 3. The number of carbonyl (C=O) groups excluding carboxylic acids is 2. The standard InChI is InChI=1S/C16H17NO3S.C15H15NO3S.C14H11NO3S/c1-9(18-2)12-8-11-14(19-3)10-6-5-7-17-13(10)15(20-4)16(11)21-12;1-8(17)11-7-10-13(18-2)9-5-4-6-16-12(9)14(19-3)15(10)20-11;1-7(18-2)10-6-9-12(16)8-4-3-5-15-11(8)13(17)14(9)19-10/h5-9H,1-4H3;4-8,17H,1-3H3;3-7H,1-2H3. The van der Waals surface area contributed by atoms with Crippen LogP contribution in [0.2, 0.25) is 0 Å². The van der Waals surface area contributed by atoms with Crippen LogP contribution in [0.4, 0.5) is 0 Å². The van der Waals surface area contributed by atoms with Gasteiger partial charge in [0.25, 0.3) is 0 Å². The van der Waals surface area contributed by atoms with Gasteiger partial charge in [-0.1, -0.05) is 0 Å². The number of rotatable bonds is 9. The molecule has 0 bridgehead atoms. The van der Waals surface area contributed by atoms with Gasteiger partial charge < -0.3 is 33.5 Å². The second-order valence-corrected chi connectivity index (χ2v) is 16.8. The average Bonchev–Trinajstić information content (AvgIpc) is 4.05. The smallest absolute Gasteiger partial charge is 0.222 e. The summed E-state index contributed by atoms with van der Waals surface area (Å²) < 4.78 is 35.0. The summed E-state index contributed by atoms with van der Waals surface area (Å²) in [6.07, 6.45) is 4.42. The van der Waals surface area contributed by atoms with Crippen LogP contribution in [0, 0.1) is 0 Å². The molecule has 3 atom stereocenters. The molecule has 60 heavy (non-hydrogen) atoms. The summed E-state index contributed by atoms with van der Waals surface area (Å²) >= 11 is 4.47. The number of aliphatic hydroxyl groups excluding tert-OH is 1. The molecule has 2 aromatic carbocycles. The number of methoxy groups -OCH3 is 6. The number of ketones is 2. The Morgan fingerprint density at radius 2 is 1.00 bits per heavy atom. The third-order valence-electron chi connectivity index (χ3n) is 10.1. The monoisotopic (exact) mass is 865 g/mol. The average molecular weight is 866 g/mol. The molecule has 15 heteroatoms. The Morgan fingerprint density at radius 1 is 0.533 bits per heavy atom. The quantitative estimate of drug-likeness (QED) is 0.147. The van der Waals surface area contributed by atoms with Gasteiger partial charge >= 0.3 is 0 Å². The van der Waals surface area contributed by atoms with Crippen molar-refractivity contribution in [1.29, 1.82) is 0 Å². The van der Waals surface area contributed by atoms with Crippen molar-refractivity contribution in [2.24, 2.45) is 0 Å². The Kier molecular flexibility index (Phi) is 12.8. The molecule has 9 rings (SSSR count). The lowest BCUT2D eigenvalue weighted by Gasteiger charge is -2.11. The first kappa shape index (κ1) is 42.6. The minimum Gasteiger partial charge on any atom is -0.495 e. The number of benzene rings is 2. The maximum absolute atomic E-state index is 12.4. The van der Waals surface area contributed by atoms with Gasteiger partial charge in [0.2, 0.25) is 5.78 Å². The molecule has 0 spiro atoms. The third kappa shape index (κ3) is 7.57. The predicted octanol–water partition coefficient (Wildman–Crippen LogP) is 10.3. The van der Waals surface area contributed by atoms with Crippen molar-refractivity contribution < 1.29 is 43.1 Å². The zero-order valence-corrected chi connectivity index (χ0v) is 36.9. The highest BCUT2D eigenvalue weighted by Gasteiger charge is 2.33. The highest BCUT2D eigenvalue weighted by Crippen LogP contribution is 2.48. The summed E-state index contributed by atoms with van der Waals surface area (Å²) in [4.78, 5) is 40.9.